The molecule has 0 atom stereocenters. The Morgan fingerprint density at radius 3 is 1.58 bits per heavy atom. The third-order valence-corrected chi connectivity index (χ3v) is 8.15. The van der Waals surface area contributed by atoms with Crippen molar-refractivity contribution in [2.24, 2.45) is 0 Å². The van der Waals surface area contributed by atoms with Gasteiger partial charge in [0.15, 0.2) is 5.78 Å². The maximum Gasteiger partial charge on any atom is 0.270 e. The Morgan fingerprint density at radius 1 is 0.553 bits per heavy atom. The first-order chi connectivity index (χ1) is 18.2. The van der Waals surface area contributed by atoms with Crippen molar-refractivity contribution >= 4 is 80.6 Å². The normalized spacial score (nSPS) is 14.3. The van der Waals surface area contributed by atoms with E-state index in [4.69, 9.17) is 0 Å². The average Bonchev–Trinajstić information content (AvgIpc) is 3.32. The van der Waals surface area contributed by atoms with Gasteiger partial charge in [0, 0.05) is 14.7 Å². The summed E-state index contributed by atoms with van der Waals surface area (Å²) in [6, 6.07) is 23.8. The predicted molar refractivity (Wildman–Crippen MR) is 157 cm³/mol. The van der Waals surface area contributed by atoms with Gasteiger partial charge < -0.3 is 0 Å². The summed E-state index contributed by atoms with van der Waals surface area (Å²) < 4.78 is 2.09. The molecule has 0 saturated carbocycles. The van der Waals surface area contributed by atoms with Gasteiger partial charge in [-0.05, 0) is 82.2 Å². The summed E-state index contributed by atoms with van der Waals surface area (Å²) in [6.45, 7) is 0. The van der Waals surface area contributed by atoms with Gasteiger partial charge in [0.05, 0.1) is 50.8 Å². The van der Waals surface area contributed by atoms with E-state index in [0.717, 1.165) is 22.7 Å². The molecule has 7 nitrogen and oxygen atoms in total. The zero-order valence-electron chi connectivity index (χ0n) is 19.3. The molecule has 0 aromatic heterocycles. The number of imide groups is 2. The van der Waals surface area contributed by atoms with Crippen LogP contribution in [0.15, 0.2) is 84.9 Å². The van der Waals surface area contributed by atoms with Crippen molar-refractivity contribution in [2.45, 2.75) is 0 Å². The average molecular weight is 724 g/mol. The van der Waals surface area contributed by atoms with E-state index in [9.17, 15) is 24.0 Å². The SMILES string of the molecule is O=C(c1ccc2c(c1)C(=O)N(I)C2=O)c1ccc2c(c1)C(=O)N(c1ccc(-c3ccc(I)cc3)cc1)C2=O. The van der Waals surface area contributed by atoms with Crippen molar-refractivity contribution in [3.05, 3.63) is 122 Å². The van der Waals surface area contributed by atoms with Crippen LogP contribution >= 0.6 is 45.5 Å². The van der Waals surface area contributed by atoms with Gasteiger partial charge in [0.25, 0.3) is 23.6 Å². The topological polar surface area (TPSA) is 91.8 Å². The fourth-order valence-corrected chi connectivity index (χ4v) is 5.46. The Kier molecular flexibility index (Phi) is 5.99. The molecule has 0 unspecified atom stereocenters. The van der Waals surface area contributed by atoms with E-state index in [1.54, 1.807) is 35.0 Å². The molecule has 2 aliphatic heterocycles. The van der Waals surface area contributed by atoms with Gasteiger partial charge in [-0.2, -0.15) is 0 Å². The summed E-state index contributed by atoms with van der Waals surface area (Å²) in [7, 11) is 0. The number of hydrogen-bond acceptors (Lipinski definition) is 5. The summed E-state index contributed by atoms with van der Waals surface area (Å²) in [5.74, 6) is -2.33. The number of ketones is 1. The van der Waals surface area contributed by atoms with Gasteiger partial charge in [-0.1, -0.05) is 36.4 Å². The van der Waals surface area contributed by atoms with Crippen LogP contribution < -0.4 is 4.90 Å². The second-order valence-electron chi connectivity index (χ2n) is 8.74. The number of rotatable bonds is 4. The number of halogens is 2. The van der Waals surface area contributed by atoms with Crippen LogP contribution in [0.1, 0.15) is 57.4 Å². The van der Waals surface area contributed by atoms with E-state index in [1.165, 1.54) is 36.4 Å². The van der Waals surface area contributed by atoms with Crippen LogP contribution in [-0.4, -0.2) is 32.5 Å². The first kappa shape index (κ1) is 24.6. The van der Waals surface area contributed by atoms with Crippen LogP contribution in [0.5, 0.6) is 0 Å². The Balaban J connectivity index is 1.29. The molecule has 0 bridgehead atoms. The number of benzene rings is 4. The molecule has 0 fully saturated rings. The predicted octanol–water partition coefficient (Wildman–Crippen LogP) is 5.94. The molecule has 0 radical (unpaired) electrons. The van der Waals surface area contributed by atoms with E-state index in [1.807, 2.05) is 36.4 Å². The number of amides is 4. The molecule has 2 heterocycles. The van der Waals surface area contributed by atoms with Crippen LogP contribution in [0.25, 0.3) is 11.1 Å². The molecule has 4 aromatic rings. The molecule has 0 N–H and O–H groups in total. The number of carbonyl (C=O) groups excluding carboxylic acids is 5. The number of hydrogen-bond donors (Lipinski definition) is 0. The fraction of sp³-hybridized carbons (Fsp3) is 0. The zero-order chi connectivity index (χ0) is 26.7. The van der Waals surface area contributed by atoms with Crippen molar-refractivity contribution in [3.63, 3.8) is 0 Å². The molecule has 6 rings (SSSR count). The monoisotopic (exact) mass is 724 g/mol. The van der Waals surface area contributed by atoms with E-state index in [2.05, 4.69) is 22.6 Å². The number of anilines is 1. The standard InChI is InChI=1S/C29H14I2N2O5/c30-19-7-1-15(2-8-19)16-3-9-20(10-4-16)32-26(35)21-11-5-17(13-23(21)27(32)36)25(34)18-6-12-22-24(14-18)29(38)33(31)28(22)37/h1-14H. The molecule has 2 aliphatic rings. The highest BCUT2D eigenvalue weighted by atomic mass is 127. The van der Waals surface area contributed by atoms with Gasteiger partial charge in [0.2, 0.25) is 0 Å². The van der Waals surface area contributed by atoms with Gasteiger partial charge in [-0.25, -0.2) is 8.01 Å². The maximum absolute atomic E-state index is 13.3. The smallest absolute Gasteiger partial charge is 0.270 e. The Labute approximate surface area is 244 Å². The molecular formula is C29H14I2N2O5. The lowest BCUT2D eigenvalue weighted by molar-refractivity contribution is 0.0794. The fourth-order valence-electron chi connectivity index (χ4n) is 4.58. The van der Waals surface area contributed by atoms with Gasteiger partial charge in [-0.3, -0.25) is 24.0 Å². The van der Waals surface area contributed by atoms with Crippen molar-refractivity contribution in [1.82, 2.24) is 3.11 Å². The van der Waals surface area contributed by atoms with Gasteiger partial charge in [-0.15, -0.1) is 0 Å². The molecule has 4 amide bonds. The van der Waals surface area contributed by atoms with Crippen molar-refractivity contribution in [3.8, 4) is 11.1 Å². The van der Waals surface area contributed by atoms with Crippen molar-refractivity contribution < 1.29 is 24.0 Å². The molecule has 9 heteroatoms. The summed E-state index contributed by atoms with van der Waals surface area (Å²) in [5, 5.41) is 0. The number of nitrogens with zero attached hydrogens (tertiary/aromatic N) is 2. The maximum atomic E-state index is 13.3. The molecule has 0 saturated heterocycles. The van der Waals surface area contributed by atoms with Gasteiger partial charge in [0.1, 0.15) is 0 Å². The minimum atomic E-state index is -0.517. The van der Waals surface area contributed by atoms with E-state index in [0.29, 0.717) is 5.69 Å². The quantitative estimate of drug-likeness (QED) is 0.113. The third-order valence-electron chi connectivity index (χ3n) is 6.55. The van der Waals surface area contributed by atoms with Crippen molar-refractivity contribution in [1.29, 1.82) is 0 Å². The lowest BCUT2D eigenvalue weighted by Crippen LogP contribution is -2.29. The Bertz CT molecular complexity index is 1730. The van der Waals surface area contributed by atoms with E-state index < -0.39 is 29.4 Å². The molecule has 38 heavy (non-hydrogen) atoms. The largest absolute Gasteiger partial charge is 0.289 e. The molecule has 0 spiro atoms. The van der Waals surface area contributed by atoms with Crippen LogP contribution in [0.2, 0.25) is 0 Å². The second kappa shape index (κ2) is 9.24. The summed E-state index contributed by atoms with van der Waals surface area (Å²) >= 11 is 3.87. The van der Waals surface area contributed by atoms with Crippen molar-refractivity contribution in [2.75, 3.05) is 4.90 Å². The third kappa shape index (κ3) is 3.88. The number of fused-ring (bicyclic) bond motifs is 2. The molecule has 0 aliphatic carbocycles. The van der Waals surface area contributed by atoms with Crippen LogP contribution in [0.3, 0.4) is 0 Å². The Hall–Kier alpha value is -3.71. The minimum absolute atomic E-state index is 0.133. The highest BCUT2D eigenvalue weighted by Gasteiger charge is 2.38. The summed E-state index contributed by atoms with van der Waals surface area (Å²) in [5.41, 5.74) is 3.55. The lowest BCUT2D eigenvalue weighted by atomic mass is 9.96. The minimum Gasteiger partial charge on any atom is -0.289 e. The van der Waals surface area contributed by atoms with E-state index >= 15 is 0 Å². The van der Waals surface area contributed by atoms with E-state index in [-0.39, 0.29) is 33.4 Å². The first-order valence-corrected chi connectivity index (χ1v) is 13.4. The molecule has 184 valence electrons. The summed E-state index contributed by atoms with van der Waals surface area (Å²) in [6.07, 6.45) is 0. The molecular weight excluding hydrogens is 710 g/mol. The lowest BCUT2D eigenvalue weighted by Gasteiger charge is -2.14. The summed E-state index contributed by atoms with van der Waals surface area (Å²) in [4.78, 5) is 65.2. The number of carbonyl (C=O) groups is 5. The van der Waals surface area contributed by atoms with Crippen LogP contribution in [0, 0.1) is 3.57 Å². The molecule has 4 aromatic carbocycles. The first-order valence-electron chi connectivity index (χ1n) is 11.4. The van der Waals surface area contributed by atoms with Gasteiger partial charge >= 0.3 is 0 Å². The van der Waals surface area contributed by atoms with Crippen LogP contribution in [0.4, 0.5) is 5.69 Å². The van der Waals surface area contributed by atoms with Crippen LogP contribution in [-0.2, 0) is 0 Å². The zero-order valence-corrected chi connectivity index (χ0v) is 23.6. The Morgan fingerprint density at radius 2 is 1.00 bits per heavy atom. The highest BCUT2D eigenvalue weighted by Crippen LogP contribution is 2.32. The second-order valence-corrected chi connectivity index (χ2v) is 11.0. The highest BCUT2D eigenvalue weighted by molar-refractivity contribution is 14.1.